The quantitative estimate of drug-likeness (QED) is 0.166. The third-order valence-electron chi connectivity index (χ3n) is 11.2. The molecule has 0 N–H and O–H groups in total. The van der Waals surface area contributed by atoms with Gasteiger partial charge in [0.05, 0.1) is 11.4 Å². The van der Waals surface area contributed by atoms with E-state index >= 15 is 0 Å². The van der Waals surface area contributed by atoms with Gasteiger partial charge in [-0.05, 0) is 92.8 Å². The summed E-state index contributed by atoms with van der Waals surface area (Å²) in [7, 11) is 0. The first-order valence-electron chi connectivity index (χ1n) is 18.1. The molecule has 11 rings (SSSR count). The van der Waals surface area contributed by atoms with Gasteiger partial charge in [0.2, 0.25) is 0 Å². The molecule has 0 aliphatic carbocycles. The Hall–Kier alpha value is -5.42. The summed E-state index contributed by atoms with van der Waals surface area (Å²) < 4.78 is 5.43. The predicted molar refractivity (Wildman–Crippen MR) is 229 cm³/mol. The molecule has 0 atom stereocenters. The fraction of sp³-hybridized carbons (Fsp3) is 0.0833. The smallest absolute Gasteiger partial charge is 0.260 e. The molecule has 9 aromatic rings. The van der Waals surface area contributed by atoms with Crippen molar-refractivity contribution in [3.8, 4) is 33.4 Å². The van der Waals surface area contributed by atoms with Crippen molar-refractivity contribution in [2.24, 2.45) is 0 Å². The molecule has 0 amide bonds. The predicted octanol–water partition coefficient (Wildman–Crippen LogP) is 12.2. The maximum atomic E-state index is 2.63. The maximum absolute atomic E-state index is 2.63. The lowest BCUT2D eigenvalue weighted by Crippen LogP contribution is -2.53. The second-order valence-corrected chi connectivity index (χ2v) is 17.4. The summed E-state index contributed by atoms with van der Waals surface area (Å²) >= 11 is 3.84. The van der Waals surface area contributed by atoms with Crippen LogP contribution in [0.2, 0.25) is 0 Å². The highest BCUT2D eigenvalue weighted by molar-refractivity contribution is 7.34. The average molecular weight is 700 g/mol. The lowest BCUT2D eigenvalue weighted by atomic mass is 9.40. The molecule has 0 spiro atoms. The lowest BCUT2D eigenvalue weighted by molar-refractivity contribution is 0.590. The van der Waals surface area contributed by atoms with Gasteiger partial charge >= 0.3 is 0 Å². The summed E-state index contributed by atoms with van der Waals surface area (Å²) in [5.74, 6) is 0. The zero-order valence-electron chi connectivity index (χ0n) is 29.3. The normalized spacial score (nSPS) is 13.2. The maximum Gasteiger partial charge on any atom is 0.260 e. The first-order valence-corrected chi connectivity index (χ1v) is 19.8. The van der Waals surface area contributed by atoms with Crippen LogP contribution in [0.3, 0.4) is 0 Å². The van der Waals surface area contributed by atoms with Crippen molar-refractivity contribution in [3.63, 3.8) is 0 Å². The Morgan fingerprint density at radius 1 is 0.481 bits per heavy atom. The number of rotatable bonds is 3. The molecule has 4 heterocycles. The van der Waals surface area contributed by atoms with Crippen LogP contribution in [0.5, 0.6) is 0 Å². The minimum atomic E-state index is 0.0164. The Labute approximate surface area is 312 Å². The van der Waals surface area contributed by atoms with Gasteiger partial charge < -0.3 is 4.90 Å². The van der Waals surface area contributed by atoms with E-state index in [4.69, 9.17) is 0 Å². The summed E-state index contributed by atoms with van der Waals surface area (Å²) in [5.41, 5.74) is 15.7. The Morgan fingerprint density at radius 2 is 1.19 bits per heavy atom. The highest BCUT2D eigenvalue weighted by Gasteiger charge is 2.45. The molecule has 246 valence electrons. The van der Waals surface area contributed by atoms with Gasteiger partial charge in [0.1, 0.15) is 0 Å². The van der Waals surface area contributed by atoms with E-state index in [1.165, 1.54) is 102 Å². The van der Waals surface area contributed by atoms with Crippen molar-refractivity contribution in [3.05, 3.63) is 157 Å². The van der Waals surface area contributed by atoms with E-state index in [1.54, 1.807) is 0 Å². The molecule has 2 aromatic heterocycles. The van der Waals surface area contributed by atoms with E-state index in [9.17, 15) is 0 Å². The molecular weight excluding hydrogens is 665 g/mol. The SMILES string of the molecule is CC(C)(C)c1ccc(N2c3cc(-c4ccc5sc6ccccc6c5c4)cc4c3B(c3ccccc3-4)c3sc4ccccc4c32)c(-c2ccccc2)c1. The van der Waals surface area contributed by atoms with E-state index in [0.717, 1.165) is 0 Å². The summed E-state index contributed by atoms with van der Waals surface area (Å²) in [5, 5.41) is 3.98. The van der Waals surface area contributed by atoms with E-state index in [-0.39, 0.29) is 12.1 Å². The van der Waals surface area contributed by atoms with Crippen LogP contribution in [-0.4, -0.2) is 6.71 Å². The molecule has 0 unspecified atom stereocenters. The molecule has 2 aliphatic rings. The fourth-order valence-corrected chi connectivity index (χ4v) is 11.1. The zero-order valence-corrected chi connectivity index (χ0v) is 30.9. The van der Waals surface area contributed by atoms with Crippen molar-refractivity contribution in [2.75, 3.05) is 4.90 Å². The number of anilines is 3. The van der Waals surface area contributed by atoms with Crippen molar-refractivity contribution < 1.29 is 0 Å². The monoisotopic (exact) mass is 699 g/mol. The van der Waals surface area contributed by atoms with Crippen LogP contribution in [0.1, 0.15) is 26.3 Å². The minimum Gasteiger partial charge on any atom is -0.309 e. The Balaban J connectivity index is 1.25. The second kappa shape index (κ2) is 11.0. The van der Waals surface area contributed by atoms with Gasteiger partial charge in [-0.1, -0.05) is 129 Å². The van der Waals surface area contributed by atoms with Crippen molar-refractivity contribution in [1.82, 2.24) is 0 Å². The van der Waals surface area contributed by atoms with Crippen LogP contribution in [0.4, 0.5) is 17.1 Å². The van der Waals surface area contributed by atoms with Gasteiger partial charge in [-0.2, -0.15) is 0 Å². The number of benzene rings is 7. The first kappa shape index (κ1) is 30.2. The van der Waals surface area contributed by atoms with Crippen LogP contribution < -0.4 is 20.6 Å². The van der Waals surface area contributed by atoms with Gasteiger partial charge in [0, 0.05) is 46.3 Å². The standard InChI is InChI=1S/C48H34BNS2/c1-48(2,3)32-22-23-40(36(28-32)29-13-5-4-6-14-29)50-41-27-31(30-21-24-44-37(25-30)34-16-8-11-19-42(34)51-44)26-38-33-15-7-10-18-39(33)49(45(38)41)47-46(50)35-17-9-12-20-43(35)52-47/h4-28H,1-3H3. The van der Waals surface area contributed by atoms with E-state index in [2.05, 4.69) is 177 Å². The molecule has 0 fully saturated rings. The molecular formula is C48H34BNS2. The molecule has 4 heteroatoms. The molecule has 0 bridgehead atoms. The zero-order chi connectivity index (χ0) is 34.7. The molecule has 2 aliphatic heterocycles. The highest BCUT2D eigenvalue weighted by atomic mass is 32.1. The van der Waals surface area contributed by atoms with Crippen molar-refractivity contribution >= 4 is 92.4 Å². The van der Waals surface area contributed by atoms with Crippen LogP contribution >= 0.6 is 22.7 Å². The largest absolute Gasteiger partial charge is 0.309 e. The van der Waals surface area contributed by atoms with E-state index in [0.29, 0.717) is 0 Å². The van der Waals surface area contributed by atoms with Gasteiger partial charge in [-0.3, -0.25) is 0 Å². The Morgan fingerprint density at radius 3 is 2.02 bits per heavy atom. The van der Waals surface area contributed by atoms with E-state index in [1.807, 2.05) is 22.7 Å². The van der Waals surface area contributed by atoms with Gasteiger partial charge in [0.15, 0.2) is 0 Å². The number of nitrogens with zero attached hydrogens (tertiary/aromatic N) is 1. The number of hydrogen-bond donors (Lipinski definition) is 0. The van der Waals surface area contributed by atoms with Gasteiger partial charge in [-0.15, -0.1) is 22.7 Å². The molecule has 0 saturated carbocycles. The van der Waals surface area contributed by atoms with Crippen LogP contribution in [0, 0.1) is 0 Å². The molecule has 1 nitrogen and oxygen atoms in total. The number of thiophene rings is 2. The number of fused-ring (bicyclic) bond motifs is 10. The Kier molecular flexibility index (Phi) is 6.42. The van der Waals surface area contributed by atoms with Crippen LogP contribution in [-0.2, 0) is 5.41 Å². The molecule has 7 aromatic carbocycles. The summed E-state index contributed by atoms with van der Waals surface area (Å²) in [6.07, 6.45) is 0. The fourth-order valence-electron chi connectivity index (χ4n) is 8.74. The molecule has 52 heavy (non-hydrogen) atoms. The van der Waals surface area contributed by atoms with Gasteiger partial charge in [0.25, 0.3) is 6.71 Å². The summed E-state index contributed by atoms with van der Waals surface area (Å²) in [4.78, 5) is 2.63. The lowest BCUT2D eigenvalue weighted by Gasteiger charge is -2.36. The van der Waals surface area contributed by atoms with Crippen molar-refractivity contribution in [1.29, 1.82) is 0 Å². The third-order valence-corrected chi connectivity index (χ3v) is 13.6. The average Bonchev–Trinajstić information content (AvgIpc) is 3.85. The molecule has 0 saturated heterocycles. The van der Waals surface area contributed by atoms with Gasteiger partial charge in [-0.25, -0.2) is 0 Å². The first-order chi connectivity index (χ1) is 25.4. The number of hydrogen-bond acceptors (Lipinski definition) is 3. The topological polar surface area (TPSA) is 3.24 Å². The summed E-state index contributed by atoms with van der Waals surface area (Å²) in [6.45, 7) is 7.13. The summed E-state index contributed by atoms with van der Waals surface area (Å²) in [6, 6.07) is 57.2. The third kappa shape index (κ3) is 4.35. The van der Waals surface area contributed by atoms with Crippen molar-refractivity contribution in [2.45, 2.75) is 26.2 Å². The minimum absolute atomic E-state index is 0.0164. The Bertz CT molecular complexity index is 2910. The van der Waals surface area contributed by atoms with Crippen LogP contribution in [0.15, 0.2) is 152 Å². The van der Waals surface area contributed by atoms with Crippen LogP contribution in [0.25, 0.3) is 63.6 Å². The second-order valence-electron chi connectivity index (χ2n) is 15.3. The van der Waals surface area contributed by atoms with E-state index < -0.39 is 0 Å². The highest BCUT2D eigenvalue weighted by Crippen LogP contribution is 2.50. The molecule has 0 radical (unpaired) electrons.